The van der Waals surface area contributed by atoms with Gasteiger partial charge in [0.05, 0.1) is 11.9 Å². The molecular weight excluding hydrogens is 524 g/mol. The first-order chi connectivity index (χ1) is 18.5. The van der Waals surface area contributed by atoms with E-state index in [9.17, 15) is 26.8 Å². The number of halogens is 2. The van der Waals surface area contributed by atoms with Crippen molar-refractivity contribution in [2.75, 3.05) is 17.1 Å². The maximum absolute atomic E-state index is 14.0. The average Bonchev–Trinajstić information content (AvgIpc) is 2.91. The fourth-order valence-electron chi connectivity index (χ4n) is 4.03. The Morgan fingerprint density at radius 1 is 0.897 bits per heavy atom. The van der Waals surface area contributed by atoms with Crippen molar-refractivity contribution >= 4 is 27.5 Å². The summed E-state index contributed by atoms with van der Waals surface area (Å²) in [7, 11) is -4.08. The molecule has 0 fully saturated rings. The van der Waals surface area contributed by atoms with Gasteiger partial charge in [0.15, 0.2) is 11.6 Å². The van der Waals surface area contributed by atoms with Crippen LogP contribution in [0.5, 0.6) is 0 Å². The van der Waals surface area contributed by atoms with Crippen LogP contribution in [0, 0.1) is 11.6 Å². The van der Waals surface area contributed by atoms with Crippen molar-refractivity contribution < 1.29 is 26.8 Å². The molecule has 0 bridgehead atoms. The summed E-state index contributed by atoms with van der Waals surface area (Å²) in [5.41, 5.74) is 1.35. The van der Waals surface area contributed by atoms with Gasteiger partial charge in [0.25, 0.3) is 0 Å². The van der Waals surface area contributed by atoms with E-state index in [4.69, 9.17) is 0 Å². The molecule has 3 rings (SSSR count). The van der Waals surface area contributed by atoms with E-state index < -0.39 is 40.2 Å². The Hall–Kier alpha value is -3.79. The van der Waals surface area contributed by atoms with Crippen LogP contribution in [0.4, 0.5) is 14.5 Å². The zero-order valence-electron chi connectivity index (χ0n) is 22.2. The van der Waals surface area contributed by atoms with E-state index >= 15 is 0 Å². The number of rotatable bonds is 12. The number of hydrogen-bond acceptors (Lipinski definition) is 4. The van der Waals surface area contributed by atoms with Crippen LogP contribution in [0.3, 0.4) is 0 Å². The molecule has 208 valence electrons. The number of anilines is 1. The molecule has 0 saturated heterocycles. The smallest absolute Gasteiger partial charge is 0.244 e. The largest absolute Gasteiger partial charge is 0.352 e. The Morgan fingerprint density at radius 2 is 1.49 bits per heavy atom. The van der Waals surface area contributed by atoms with Crippen LogP contribution in [0.2, 0.25) is 0 Å². The number of carbonyl (C=O) groups excluding carboxylic acids is 2. The molecule has 0 spiro atoms. The van der Waals surface area contributed by atoms with Crippen molar-refractivity contribution in [3.05, 3.63) is 102 Å². The second-order valence-electron chi connectivity index (χ2n) is 9.40. The van der Waals surface area contributed by atoms with Gasteiger partial charge >= 0.3 is 0 Å². The molecule has 0 aliphatic rings. The first-order valence-corrected chi connectivity index (χ1v) is 14.4. The summed E-state index contributed by atoms with van der Waals surface area (Å²) in [4.78, 5) is 28.8. The number of nitrogens with one attached hydrogen (secondary N) is 1. The fourth-order valence-corrected chi connectivity index (χ4v) is 4.87. The minimum absolute atomic E-state index is 0.0283. The van der Waals surface area contributed by atoms with Crippen LogP contribution in [-0.2, 0) is 32.6 Å². The Balaban J connectivity index is 2.05. The molecule has 0 heterocycles. The van der Waals surface area contributed by atoms with Gasteiger partial charge < -0.3 is 10.2 Å². The zero-order chi connectivity index (χ0) is 28.6. The highest BCUT2D eigenvalue weighted by molar-refractivity contribution is 7.92. The van der Waals surface area contributed by atoms with Gasteiger partial charge in [0, 0.05) is 25.1 Å². The van der Waals surface area contributed by atoms with Gasteiger partial charge in [-0.2, -0.15) is 0 Å². The van der Waals surface area contributed by atoms with E-state index in [2.05, 4.69) is 5.32 Å². The monoisotopic (exact) mass is 557 g/mol. The lowest BCUT2D eigenvalue weighted by atomic mass is 10.0. The number of sulfonamides is 1. The Kier molecular flexibility index (Phi) is 10.2. The molecule has 3 aromatic rings. The van der Waals surface area contributed by atoms with E-state index in [1.165, 1.54) is 4.90 Å². The average molecular weight is 558 g/mol. The van der Waals surface area contributed by atoms with Gasteiger partial charge in [-0.1, -0.05) is 67.6 Å². The molecule has 7 nitrogen and oxygen atoms in total. The molecule has 0 aliphatic heterocycles. The third-order valence-corrected chi connectivity index (χ3v) is 7.48. The second kappa shape index (κ2) is 13.3. The zero-order valence-corrected chi connectivity index (χ0v) is 23.0. The predicted molar refractivity (Wildman–Crippen MR) is 147 cm³/mol. The van der Waals surface area contributed by atoms with Gasteiger partial charge in [-0.25, -0.2) is 17.2 Å². The third kappa shape index (κ3) is 8.35. The van der Waals surface area contributed by atoms with Gasteiger partial charge in [0.2, 0.25) is 21.8 Å². The SMILES string of the molecule is CC[C@H](C)NC(=O)[C@H](Cc1ccccc1)N(Cc1ccccc1)C(=O)CN(c1ccc(F)c(F)c1)S(C)(=O)=O. The van der Waals surface area contributed by atoms with Crippen LogP contribution in [0.25, 0.3) is 0 Å². The van der Waals surface area contributed by atoms with E-state index in [1.54, 1.807) is 24.3 Å². The maximum Gasteiger partial charge on any atom is 0.244 e. The highest BCUT2D eigenvalue weighted by Crippen LogP contribution is 2.22. The molecular formula is C29H33F2N3O4S. The molecule has 2 amide bonds. The quantitative estimate of drug-likeness (QED) is 0.360. The summed E-state index contributed by atoms with van der Waals surface area (Å²) in [6.07, 6.45) is 1.74. The normalized spacial score (nSPS) is 12.8. The fraction of sp³-hybridized carbons (Fsp3) is 0.310. The van der Waals surface area contributed by atoms with E-state index in [-0.39, 0.29) is 30.6 Å². The van der Waals surface area contributed by atoms with Gasteiger partial charge in [-0.15, -0.1) is 0 Å². The summed E-state index contributed by atoms with van der Waals surface area (Å²) in [5.74, 6) is -3.44. The first-order valence-electron chi connectivity index (χ1n) is 12.6. The summed E-state index contributed by atoms with van der Waals surface area (Å²) >= 11 is 0. The summed E-state index contributed by atoms with van der Waals surface area (Å²) in [6.45, 7) is 3.10. The summed E-state index contributed by atoms with van der Waals surface area (Å²) < 4.78 is 53.6. The highest BCUT2D eigenvalue weighted by Gasteiger charge is 2.33. The molecule has 1 N–H and O–H groups in total. The minimum atomic E-state index is -4.08. The van der Waals surface area contributed by atoms with E-state index in [0.717, 1.165) is 35.6 Å². The molecule has 0 aromatic heterocycles. The Bertz CT molecular complexity index is 1370. The first kappa shape index (κ1) is 29.8. The second-order valence-corrected chi connectivity index (χ2v) is 11.3. The van der Waals surface area contributed by atoms with E-state index in [0.29, 0.717) is 10.7 Å². The Labute approximate surface area is 228 Å². The molecule has 0 saturated carbocycles. The number of carbonyl (C=O) groups is 2. The Morgan fingerprint density at radius 3 is 2.03 bits per heavy atom. The highest BCUT2D eigenvalue weighted by atomic mass is 32.2. The number of nitrogens with zero attached hydrogens (tertiary/aromatic N) is 2. The molecule has 2 atom stereocenters. The van der Waals surface area contributed by atoms with Crippen molar-refractivity contribution in [2.45, 2.75) is 45.3 Å². The third-order valence-electron chi connectivity index (χ3n) is 6.34. The molecule has 3 aromatic carbocycles. The lowest BCUT2D eigenvalue weighted by Crippen LogP contribution is -2.54. The van der Waals surface area contributed by atoms with Crippen LogP contribution in [-0.4, -0.2) is 50.0 Å². The van der Waals surface area contributed by atoms with Crippen molar-refractivity contribution in [1.82, 2.24) is 10.2 Å². The molecule has 0 radical (unpaired) electrons. The molecule has 39 heavy (non-hydrogen) atoms. The molecule has 0 aliphatic carbocycles. The van der Waals surface area contributed by atoms with E-state index in [1.807, 2.05) is 50.2 Å². The van der Waals surface area contributed by atoms with Crippen molar-refractivity contribution in [3.8, 4) is 0 Å². The van der Waals surface area contributed by atoms with Crippen LogP contribution in [0.1, 0.15) is 31.4 Å². The van der Waals surface area contributed by atoms with Gasteiger partial charge in [0.1, 0.15) is 12.6 Å². The number of benzene rings is 3. The number of hydrogen-bond donors (Lipinski definition) is 1. The van der Waals surface area contributed by atoms with Crippen molar-refractivity contribution in [3.63, 3.8) is 0 Å². The predicted octanol–water partition coefficient (Wildman–Crippen LogP) is 4.29. The maximum atomic E-state index is 14.0. The van der Waals surface area contributed by atoms with Crippen LogP contribution in [0.15, 0.2) is 78.9 Å². The standard InChI is InChI=1S/C29H33F2N3O4S/c1-4-21(2)32-29(36)27(17-22-11-7-5-8-12-22)33(19-23-13-9-6-10-14-23)28(35)20-34(39(3,37)38)24-15-16-25(30)26(31)18-24/h5-16,18,21,27H,4,17,19-20H2,1-3H3,(H,32,36)/t21-,27-/m0/s1. The molecule has 0 unspecified atom stereocenters. The van der Waals surface area contributed by atoms with Gasteiger partial charge in [-0.3, -0.25) is 13.9 Å². The summed E-state index contributed by atoms with van der Waals surface area (Å²) in [6, 6.07) is 19.7. The van der Waals surface area contributed by atoms with Gasteiger partial charge in [-0.05, 0) is 36.6 Å². The van der Waals surface area contributed by atoms with Crippen molar-refractivity contribution in [1.29, 1.82) is 0 Å². The van der Waals surface area contributed by atoms with Crippen LogP contribution < -0.4 is 9.62 Å². The minimum Gasteiger partial charge on any atom is -0.352 e. The molecule has 10 heteroatoms. The van der Waals surface area contributed by atoms with Crippen molar-refractivity contribution in [2.24, 2.45) is 0 Å². The lowest BCUT2D eigenvalue weighted by molar-refractivity contribution is -0.140. The number of amides is 2. The summed E-state index contributed by atoms with van der Waals surface area (Å²) in [5, 5.41) is 2.94. The topological polar surface area (TPSA) is 86.8 Å². The van der Waals surface area contributed by atoms with Crippen LogP contribution >= 0.6 is 0 Å². The lowest BCUT2D eigenvalue weighted by Gasteiger charge is -2.34.